The van der Waals surface area contributed by atoms with E-state index >= 15 is 0 Å². The second-order valence-corrected chi connectivity index (χ2v) is 6.97. The van der Waals surface area contributed by atoms with Crippen molar-refractivity contribution in [2.75, 3.05) is 0 Å². The van der Waals surface area contributed by atoms with Gasteiger partial charge in [-0.1, -0.05) is 13.8 Å². The summed E-state index contributed by atoms with van der Waals surface area (Å²) in [6, 6.07) is -0.160. The molecule has 0 radical (unpaired) electrons. The summed E-state index contributed by atoms with van der Waals surface area (Å²) in [5.74, 6) is -0.655. The van der Waals surface area contributed by atoms with Gasteiger partial charge in [0, 0.05) is 25.5 Å². The van der Waals surface area contributed by atoms with Gasteiger partial charge in [0.2, 0.25) is 11.5 Å². The maximum absolute atomic E-state index is 13.4. The molecule has 0 saturated heterocycles. The minimum Gasteiger partial charge on any atom is -0.374 e. The van der Waals surface area contributed by atoms with Crippen LogP contribution in [0.4, 0.5) is 13.2 Å². The molecule has 5 nitrogen and oxygen atoms in total. The third kappa shape index (κ3) is 3.74. The molecule has 1 saturated carbocycles. The molecule has 0 spiro atoms. The van der Waals surface area contributed by atoms with E-state index < -0.39 is 29.9 Å². The molecule has 2 rings (SSSR count). The second-order valence-electron chi connectivity index (χ2n) is 6.97. The number of carbonyl (C=O) groups is 1. The van der Waals surface area contributed by atoms with E-state index in [0.717, 1.165) is 30.0 Å². The van der Waals surface area contributed by atoms with Gasteiger partial charge < -0.3 is 15.0 Å². The predicted molar refractivity (Wildman–Crippen MR) is 81.9 cm³/mol. The van der Waals surface area contributed by atoms with Crippen molar-refractivity contribution in [3.05, 3.63) is 18.2 Å². The zero-order valence-corrected chi connectivity index (χ0v) is 14.1. The number of rotatable bonds is 4. The molecule has 0 bridgehead atoms. The molecule has 4 unspecified atom stereocenters. The van der Waals surface area contributed by atoms with Crippen molar-refractivity contribution in [3.8, 4) is 0 Å². The molecule has 24 heavy (non-hydrogen) atoms. The minimum absolute atomic E-state index is 0.160. The Kier molecular flexibility index (Phi) is 5.27. The van der Waals surface area contributed by atoms with Crippen molar-refractivity contribution in [3.63, 3.8) is 0 Å². The fourth-order valence-electron chi connectivity index (χ4n) is 3.44. The number of nitrogens with zero attached hydrogens (tertiary/aromatic N) is 2. The smallest absolute Gasteiger partial charge is 0.374 e. The van der Waals surface area contributed by atoms with Crippen molar-refractivity contribution < 1.29 is 23.1 Å². The monoisotopic (exact) mass is 347 g/mol. The number of amides is 1. The topological polar surface area (TPSA) is 67.2 Å². The Morgan fingerprint density at radius 3 is 2.58 bits per heavy atom. The summed E-state index contributed by atoms with van der Waals surface area (Å²) in [7, 11) is 1.35. The quantitative estimate of drug-likeness (QED) is 0.879. The summed E-state index contributed by atoms with van der Waals surface area (Å²) in [5, 5.41) is 12.9. The van der Waals surface area contributed by atoms with Crippen LogP contribution in [0.15, 0.2) is 12.4 Å². The number of carbonyl (C=O) groups excluding carboxylic acids is 1. The first-order valence-electron chi connectivity index (χ1n) is 8.11. The van der Waals surface area contributed by atoms with Crippen LogP contribution in [0.2, 0.25) is 0 Å². The van der Waals surface area contributed by atoms with E-state index in [0.29, 0.717) is 5.92 Å². The summed E-state index contributed by atoms with van der Waals surface area (Å²) >= 11 is 0. The molecule has 4 atom stereocenters. The van der Waals surface area contributed by atoms with Gasteiger partial charge in [0.1, 0.15) is 0 Å². The van der Waals surface area contributed by atoms with Crippen molar-refractivity contribution >= 4 is 5.91 Å². The zero-order chi connectivity index (χ0) is 18.1. The van der Waals surface area contributed by atoms with Crippen LogP contribution in [-0.2, 0) is 17.4 Å². The standard InChI is InChI=1S/C16H24F3N3O2/c1-10-4-5-12(11(2)8-10)21-13(23)9-15(24,16(17,18)19)14-20-6-7-22(14)3/h6-7,10-12,24H,4-5,8-9H2,1-3H3,(H,21,23). The number of aryl methyl sites for hydroxylation is 1. The average Bonchev–Trinajstić information content (AvgIpc) is 2.87. The first kappa shape index (κ1) is 18.8. The lowest BCUT2D eigenvalue weighted by Crippen LogP contribution is -2.50. The van der Waals surface area contributed by atoms with E-state index in [1.807, 2.05) is 6.92 Å². The Bertz CT molecular complexity index is 587. The summed E-state index contributed by atoms with van der Waals surface area (Å²) in [6.45, 7) is 4.10. The molecule has 0 aromatic carbocycles. The highest BCUT2D eigenvalue weighted by atomic mass is 19.4. The number of imidazole rings is 1. The van der Waals surface area contributed by atoms with Crippen LogP contribution >= 0.6 is 0 Å². The molecule has 2 N–H and O–H groups in total. The Labute approximate surface area is 139 Å². The van der Waals surface area contributed by atoms with Crippen LogP contribution in [0.25, 0.3) is 0 Å². The first-order valence-corrected chi connectivity index (χ1v) is 8.11. The highest BCUT2D eigenvalue weighted by Crippen LogP contribution is 2.41. The van der Waals surface area contributed by atoms with Gasteiger partial charge in [-0.15, -0.1) is 0 Å². The lowest BCUT2D eigenvalue weighted by atomic mass is 9.79. The maximum Gasteiger partial charge on any atom is 0.425 e. The predicted octanol–water partition coefficient (Wildman–Crippen LogP) is 2.50. The van der Waals surface area contributed by atoms with E-state index in [9.17, 15) is 23.1 Å². The Hall–Kier alpha value is -1.57. The van der Waals surface area contributed by atoms with Crippen LogP contribution in [0.5, 0.6) is 0 Å². The fraction of sp³-hybridized carbons (Fsp3) is 0.750. The summed E-state index contributed by atoms with van der Waals surface area (Å²) in [4.78, 5) is 15.8. The molecule has 1 aromatic rings. The molecular formula is C16H24F3N3O2. The van der Waals surface area contributed by atoms with Crippen LogP contribution in [0.3, 0.4) is 0 Å². The van der Waals surface area contributed by atoms with Gasteiger partial charge in [-0.25, -0.2) is 4.98 Å². The molecular weight excluding hydrogens is 323 g/mol. The van der Waals surface area contributed by atoms with E-state index in [4.69, 9.17) is 0 Å². The molecule has 1 aliphatic rings. The molecule has 1 heterocycles. The SMILES string of the molecule is CC1CCC(NC(=O)CC(O)(c2nccn2C)C(F)(F)F)C(C)C1. The summed E-state index contributed by atoms with van der Waals surface area (Å²) < 4.78 is 41.4. The maximum atomic E-state index is 13.4. The Morgan fingerprint density at radius 1 is 1.42 bits per heavy atom. The molecule has 1 amide bonds. The number of hydrogen-bond acceptors (Lipinski definition) is 3. The second kappa shape index (κ2) is 6.74. The van der Waals surface area contributed by atoms with Crippen LogP contribution in [0.1, 0.15) is 45.4 Å². The summed E-state index contributed by atoms with van der Waals surface area (Å²) in [5.41, 5.74) is -3.31. The van der Waals surface area contributed by atoms with Gasteiger partial charge in [0.25, 0.3) is 0 Å². The van der Waals surface area contributed by atoms with Crippen molar-refractivity contribution in [2.45, 2.75) is 57.3 Å². The molecule has 1 aromatic heterocycles. The number of aliphatic hydroxyl groups is 1. The zero-order valence-electron chi connectivity index (χ0n) is 14.1. The third-order valence-corrected chi connectivity index (χ3v) is 4.85. The van der Waals surface area contributed by atoms with Gasteiger partial charge in [-0.05, 0) is 31.1 Å². The van der Waals surface area contributed by atoms with Gasteiger partial charge >= 0.3 is 6.18 Å². The minimum atomic E-state index is -5.00. The molecule has 8 heteroatoms. The number of aromatic nitrogens is 2. The Balaban J connectivity index is 2.13. The highest BCUT2D eigenvalue weighted by molar-refractivity contribution is 5.77. The molecule has 1 aliphatic carbocycles. The van der Waals surface area contributed by atoms with Crippen LogP contribution < -0.4 is 5.32 Å². The fourth-order valence-corrected chi connectivity index (χ4v) is 3.44. The van der Waals surface area contributed by atoms with Gasteiger partial charge in [-0.2, -0.15) is 13.2 Å². The molecule has 0 aliphatic heterocycles. The van der Waals surface area contributed by atoms with E-state index in [-0.39, 0.29) is 12.0 Å². The van der Waals surface area contributed by atoms with Gasteiger partial charge in [0.15, 0.2) is 5.82 Å². The average molecular weight is 347 g/mol. The Morgan fingerprint density at radius 2 is 2.08 bits per heavy atom. The number of nitrogens with one attached hydrogen (secondary N) is 1. The van der Waals surface area contributed by atoms with Crippen LogP contribution in [-0.4, -0.2) is 32.8 Å². The lowest BCUT2D eigenvalue weighted by Gasteiger charge is -2.34. The number of hydrogen-bond donors (Lipinski definition) is 2. The molecule has 1 fully saturated rings. The largest absolute Gasteiger partial charge is 0.425 e. The van der Waals surface area contributed by atoms with Crippen molar-refractivity contribution in [1.29, 1.82) is 0 Å². The van der Waals surface area contributed by atoms with E-state index in [1.165, 1.54) is 13.2 Å². The third-order valence-electron chi connectivity index (χ3n) is 4.85. The van der Waals surface area contributed by atoms with Gasteiger partial charge in [-0.3, -0.25) is 4.79 Å². The van der Waals surface area contributed by atoms with E-state index in [1.54, 1.807) is 0 Å². The normalized spacial score (nSPS) is 27.5. The van der Waals surface area contributed by atoms with Crippen molar-refractivity contribution in [2.24, 2.45) is 18.9 Å². The van der Waals surface area contributed by atoms with E-state index in [2.05, 4.69) is 17.2 Å². The van der Waals surface area contributed by atoms with Crippen LogP contribution in [0, 0.1) is 11.8 Å². The molecule has 136 valence electrons. The lowest BCUT2D eigenvalue weighted by molar-refractivity contribution is -0.271. The highest BCUT2D eigenvalue weighted by Gasteiger charge is 2.58. The van der Waals surface area contributed by atoms with Crippen molar-refractivity contribution in [1.82, 2.24) is 14.9 Å². The van der Waals surface area contributed by atoms with Gasteiger partial charge in [0.05, 0.1) is 6.42 Å². The summed E-state index contributed by atoms with van der Waals surface area (Å²) in [6.07, 6.45) is -1.05. The first-order chi connectivity index (χ1) is 11.0. The number of halogens is 3. The number of alkyl halides is 3.